The molecule has 0 saturated heterocycles. The van der Waals surface area contributed by atoms with Crippen LogP contribution in [-0.2, 0) is 10.8 Å². The normalized spacial score (nSPS) is 13.1. The predicted molar refractivity (Wildman–Crippen MR) is 243 cm³/mol. The molecule has 0 radical (unpaired) electrons. The molecule has 0 atom stereocenters. The first-order valence-electron chi connectivity index (χ1n) is 20.1. The Labute approximate surface area is 336 Å². The molecule has 0 N–H and O–H groups in total. The molecule has 57 heavy (non-hydrogen) atoms. The number of nitrogens with zero attached hydrogens (tertiary/aromatic N) is 2. The zero-order chi connectivity index (χ0) is 38.9. The second kappa shape index (κ2) is 13.2. The maximum atomic E-state index is 2.41. The molecule has 10 rings (SSSR count). The first kappa shape index (κ1) is 34.8. The number of aromatic nitrogens is 1. The highest BCUT2D eigenvalue weighted by molar-refractivity contribution is 6.10. The van der Waals surface area contributed by atoms with Crippen LogP contribution < -0.4 is 4.90 Å². The summed E-state index contributed by atoms with van der Waals surface area (Å²) in [6, 6.07) is 69.4. The SMILES string of the molecule is CC(C)(C)c1ccc(-n2c3ccccc3c3cc(-c4ccc(N(c5ccc(-c6ccccc6)cc5)c5ccc6c(c5)C(C)(C)c5ccccc5-6)cc4)ccc32)cc1. The van der Waals surface area contributed by atoms with E-state index in [1.807, 2.05) is 0 Å². The molecule has 2 heteroatoms. The molecule has 9 aromatic rings. The molecule has 1 heterocycles. The fourth-order valence-corrected chi connectivity index (χ4v) is 9.06. The Hall–Kier alpha value is -6.64. The molecular formula is C55H46N2. The Balaban J connectivity index is 1.05. The molecule has 1 aromatic heterocycles. The second-order valence-corrected chi connectivity index (χ2v) is 17.1. The van der Waals surface area contributed by atoms with Crippen LogP contribution >= 0.6 is 0 Å². The van der Waals surface area contributed by atoms with Gasteiger partial charge in [-0.1, -0.05) is 156 Å². The van der Waals surface area contributed by atoms with Crippen molar-refractivity contribution in [3.05, 3.63) is 205 Å². The summed E-state index contributed by atoms with van der Waals surface area (Å²) in [4.78, 5) is 2.40. The van der Waals surface area contributed by atoms with Crippen molar-refractivity contribution >= 4 is 38.9 Å². The van der Waals surface area contributed by atoms with E-state index in [-0.39, 0.29) is 10.8 Å². The van der Waals surface area contributed by atoms with Gasteiger partial charge in [-0.3, -0.25) is 0 Å². The maximum Gasteiger partial charge on any atom is 0.0541 e. The lowest BCUT2D eigenvalue weighted by molar-refractivity contribution is 0.590. The van der Waals surface area contributed by atoms with Crippen molar-refractivity contribution in [2.75, 3.05) is 4.90 Å². The van der Waals surface area contributed by atoms with Crippen LogP contribution in [0.1, 0.15) is 51.3 Å². The summed E-state index contributed by atoms with van der Waals surface area (Å²) in [5.41, 5.74) is 18.6. The summed E-state index contributed by atoms with van der Waals surface area (Å²) in [6.45, 7) is 11.5. The van der Waals surface area contributed by atoms with E-state index in [9.17, 15) is 0 Å². The molecule has 0 bridgehead atoms. The van der Waals surface area contributed by atoms with Gasteiger partial charge in [0, 0.05) is 38.9 Å². The largest absolute Gasteiger partial charge is 0.310 e. The number of hydrogen-bond acceptors (Lipinski definition) is 1. The summed E-state index contributed by atoms with van der Waals surface area (Å²) in [6.07, 6.45) is 0. The van der Waals surface area contributed by atoms with E-state index in [2.05, 4.69) is 232 Å². The molecule has 1 aliphatic rings. The zero-order valence-corrected chi connectivity index (χ0v) is 33.3. The van der Waals surface area contributed by atoms with Crippen LogP contribution in [0.5, 0.6) is 0 Å². The van der Waals surface area contributed by atoms with E-state index in [0.717, 1.165) is 17.1 Å². The van der Waals surface area contributed by atoms with Crippen LogP contribution in [0.3, 0.4) is 0 Å². The number of para-hydroxylation sites is 1. The van der Waals surface area contributed by atoms with E-state index < -0.39 is 0 Å². The van der Waals surface area contributed by atoms with Crippen LogP contribution in [0.25, 0.3) is 60.9 Å². The van der Waals surface area contributed by atoms with Crippen LogP contribution in [0, 0.1) is 0 Å². The average Bonchev–Trinajstić information content (AvgIpc) is 3.69. The standard InChI is InChI=1S/C55H46N2/c1-54(2,3)41-24-30-44(31-25-41)57-52-18-12-10-16-48(52)49-35-40(23-34-53(49)57)39-21-28-43(29-22-39)56(42-26-19-38(20-27-42)37-13-7-6-8-14-37)45-32-33-47-46-15-9-11-17-50(46)55(4,5)51(47)36-45/h6-36H,1-5H3. The monoisotopic (exact) mass is 734 g/mol. The van der Waals surface area contributed by atoms with Gasteiger partial charge < -0.3 is 9.47 Å². The summed E-state index contributed by atoms with van der Waals surface area (Å²) in [7, 11) is 0. The van der Waals surface area contributed by atoms with Crippen molar-refractivity contribution in [1.82, 2.24) is 4.57 Å². The number of benzene rings is 8. The third kappa shape index (κ3) is 5.87. The number of anilines is 3. The summed E-state index contributed by atoms with van der Waals surface area (Å²) in [5.74, 6) is 0. The van der Waals surface area contributed by atoms with Crippen LogP contribution in [0.4, 0.5) is 17.1 Å². The summed E-state index contributed by atoms with van der Waals surface area (Å²) in [5, 5.41) is 2.52. The molecule has 1 aliphatic carbocycles. The molecule has 0 aliphatic heterocycles. The van der Waals surface area contributed by atoms with Gasteiger partial charge in [0.05, 0.1) is 11.0 Å². The van der Waals surface area contributed by atoms with Crippen molar-refractivity contribution < 1.29 is 0 Å². The Morgan fingerprint density at radius 3 is 1.67 bits per heavy atom. The predicted octanol–water partition coefficient (Wildman–Crippen LogP) is 15.2. The highest BCUT2D eigenvalue weighted by Crippen LogP contribution is 2.50. The smallest absolute Gasteiger partial charge is 0.0541 e. The Morgan fingerprint density at radius 1 is 0.421 bits per heavy atom. The van der Waals surface area contributed by atoms with E-state index in [1.165, 1.54) is 77.6 Å². The van der Waals surface area contributed by atoms with Crippen LogP contribution in [0.15, 0.2) is 188 Å². The highest BCUT2D eigenvalue weighted by atomic mass is 15.1. The van der Waals surface area contributed by atoms with E-state index in [0.29, 0.717) is 0 Å². The van der Waals surface area contributed by atoms with Gasteiger partial charge in [-0.2, -0.15) is 0 Å². The van der Waals surface area contributed by atoms with Gasteiger partial charge in [0.2, 0.25) is 0 Å². The molecule has 8 aromatic carbocycles. The third-order valence-corrected chi connectivity index (χ3v) is 12.2. The Morgan fingerprint density at radius 2 is 0.965 bits per heavy atom. The Bertz CT molecular complexity index is 2920. The molecule has 0 saturated carbocycles. The quantitative estimate of drug-likeness (QED) is 0.165. The highest BCUT2D eigenvalue weighted by Gasteiger charge is 2.35. The molecule has 2 nitrogen and oxygen atoms in total. The molecule has 0 spiro atoms. The molecule has 276 valence electrons. The van der Waals surface area contributed by atoms with Crippen molar-refractivity contribution in [2.24, 2.45) is 0 Å². The minimum atomic E-state index is -0.0910. The van der Waals surface area contributed by atoms with Gasteiger partial charge >= 0.3 is 0 Å². The van der Waals surface area contributed by atoms with E-state index in [4.69, 9.17) is 0 Å². The van der Waals surface area contributed by atoms with Gasteiger partial charge in [0.25, 0.3) is 0 Å². The second-order valence-electron chi connectivity index (χ2n) is 17.1. The van der Waals surface area contributed by atoms with Crippen molar-refractivity contribution in [1.29, 1.82) is 0 Å². The summed E-state index contributed by atoms with van der Waals surface area (Å²) >= 11 is 0. The van der Waals surface area contributed by atoms with Crippen molar-refractivity contribution in [2.45, 2.75) is 45.4 Å². The van der Waals surface area contributed by atoms with Crippen LogP contribution in [0.2, 0.25) is 0 Å². The van der Waals surface area contributed by atoms with Gasteiger partial charge in [0.15, 0.2) is 0 Å². The van der Waals surface area contributed by atoms with Crippen molar-refractivity contribution in [3.63, 3.8) is 0 Å². The number of hydrogen-bond donors (Lipinski definition) is 0. The molecular weight excluding hydrogens is 689 g/mol. The minimum absolute atomic E-state index is 0.0910. The van der Waals surface area contributed by atoms with E-state index >= 15 is 0 Å². The van der Waals surface area contributed by atoms with Crippen LogP contribution in [-0.4, -0.2) is 4.57 Å². The fourth-order valence-electron chi connectivity index (χ4n) is 9.06. The first-order chi connectivity index (χ1) is 27.6. The number of fused-ring (bicyclic) bond motifs is 6. The van der Waals surface area contributed by atoms with Gasteiger partial charge in [-0.25, -0.2) is 0 Å². The zero-order valence-electron chi connectivity index (χ0n) is 33.3. The van der Waals surface area contributed by atoms with Gasteiger partial charge in [0.1, 0.15) is 0 Å². The van der Waals surface area contributed by atoms with Gasteiger partial charge in [-0.15, -0.1) is 0 Å². The topological polar surface area (TPSA) is 8.17 Å². The van der Waals surface area contributed by atoms with E-state index in [1.54, 1.807) is 0 Å². The number of rotatable bonds is 6. The fraction of sp³-hybridized carbons (Fsp3) is 0.127. The summed E-state index contributed by atoms with van der Waals surface area (Å²) < 4.78 is 2.40. The lowest BCUT2D eigenvalue weighted by Crippen LogP contribution is -2.16. The maximum absolute atomic E-state index is 2.41. The Kier molecular flexibility index (Phi) is 8.09. The first-order valence-corrected chi connectivity index (χ1v) is 20.1. The van der Waals surface area contributed by atoms with Crippen molar-refractivity contribution in [3.8, 4) is 39.1 Å². The molecule has 0 unspecified atom stereocenters. The molecule has 0 fully saturated rings. The average molecular weight is 735 g/mol. The minimum Gasteiger partial charge on any atom is -0.310 e. The lowest BCUT2D eigenvalue weighted by atomic mass is 9.82. The third-order valence-electron chi connectivity index (χ3n) is 12.2. The lowest BCUT2D eigenvalue weighted by Gasteiger charge is -2.28. The molecule has 0 amide bonds. The van der Waals surface area contributed by atoms with Gasteiger partial charge in [-0.05, 0) is 122 Å².